The number of aromatic nitrogens is 2. The fourth-order valence-corrected chi connectivity index (χ4v) is 7.02. The maximum Gasteiger partial charge on any atom is 0.410 e. The van der Waals surface area contributed by atoms with Gasteiger partial charge in [-0.25, -0.2) is 23.2 Å². The van der Waals surface area contributed by atoms with E-state index in [1.54, 1.807) is 30.0 Å². The largest absolute Gasteiger partial charge is 0.473 e. The van der Waals surface area contributed by atoms with Crippen LogP contribution in [0.1, 0.15) is 30.9 Å². The fraction of sp³-hybridized carbons (Fsp3) is 0.500. The van der Waals surface area contributed by atoms with Crippen molar-refractivity contribution in [1.82, 2.24) is 14.9 Å². The van der Waals surface area contributed by atoms with Crippen molar-refractivity contribution < 1.29 is 22.7 Å². The molecule has 2 atom stereocenters. The third-order valence-corrected chi connectivity index (χ3v) is 9.14. The van der Waals surface area contributed by atoms with Crippen LogP contribution in [-0.4, -0.2) is 65.7 Å². The first kappa shape index (κ1) is 24.6. The zero-order valence-corrected chi connectivity index (χ0v) is 21.5. The molecule has 1 N–H and O–H groups in total. The number of hydrogen-bond acceptors (Lipinski definition) is 9. The minimum Gasteiger partial charge on any atom is -0.473 e. The average molecular weight is 532 g/mol. The van der Waals surface area contributed by atoms with Gasteiger partial charge in [0.25, 0.3) is 0 Å². The zero-order valence-electron chi connectivity index (χ0n) is 19.9. The Morgan fingerprint density at radius 2 is 1.94 bits per heavy atom. The van der Waals surface area contributed by atoms with Gasteiger partial charge in [-0.3, -0.25) is 0 Å². The molecule has 10 nitrogen and oxygen atoms in total. The summed E-state index contributed by atoms with van der Waals surface area (Å²) >= 11 is 6.29. The molecule has 2 unspecified atom stereocenters. The number of halogens is 1. The quantitative estimate of drug-likeness (QED) is 0.615. The van der Waals surface area contributed by atoms with Crippen LogP contribution in [0.2, 0.25) is 5.02 Å². The topological polar surface area (TPSA) is 135 Å². The number of piperidine rings is 1. The van der Waals surface area contributed by atoms with E-state index in [0.717, 1.165) is 12.8 Å². The molecule has 1 aliphatic carbocycles. The van der Waals surface area contributed by atoms with Gasteiger partial charge in [-0.15, -0.1) is 0 Å². The lowest BCUT2D eigenvalue weighted by molar-refractivity contribution is -0.00993. The predicted octanol–water partition coefficient (Wildman–Crippen LogP) is 3.47. The Balaban J connectivity index is 1.34. The number of benzene rings is 1. The molecule has 2 aliphatic heterocycles. The minimum absolute atomic E-state index is 0.0642. The molecule has 5 rings (SSSR count). The lowest BCUT2D eigenvalue weighted by Gasteiger charge is -2.46. The van der Waals surface area contributed by atoms with Crippen molar-refractivity contribution in [3.8, 4) is 11.9 Å². The molecule has 36 heavy (non-hydrogen) atoms. The van der Waals surface area contributed by atoms with Crippen LogP contribution in [0, 0.1) is 30.1 Å². The summed E-state index contributed by atoms with van der Waals surface area (Å²) in [5.74, 6) is -0.126. The van der Waals surface area contributed by atoms with Crippen molar-refractivity contribution >= 4 is 39.0 Å². The van der Waals surface area contributed by atoms with E-state index in [0.29, 0.717) is 33.5 Å². The molecular weight excluding hydrogens is 506 g/mol. The highest BCUT2D eigenvalue weighted by molar-refractivity contribution is 7.91. The second kappa shape index (κ2) is 9.09. The van der Waals surface area contributed by atoms with Crippen LogP contribution < -0.4 is 10.1 Å². The molecule has 1 saturated carbocycles. The average Bonchev–Trinajstić information content (AvgIpc) is 3.53. The Kier molecular flexibility index (Phi) is 6.21. The van der Waals surface area contributed by atoms with Crippen LogP contribution in [0.25, 0.3) is 0 Å². The molecule has 1 aromatic carbocycles. The first-order valence-electron chi connectivity index (χ1n) is 11.7. The van der Waals surface area contributed by atoms with Gasteiger partial charge in [0.15, 0.2) is 9.84 Å². The van der Waals surface area contributed by atoms with E-state index >= 15 is 0 Å². The van der Waals surface area contributed by atoms with Crippen LogP contribution in [0.4, 0.5) is 16.3 Å². The van der Waals surface area contributed by atoms with Crippen LogP contribution in [0.15, 0.2) is 24.5 Å². The van der Waals surface area contributed by atoms with E-state index in [-0.39, 0.29) is 24.6 Å². The number of rotatable bonds is 5. The molecule has 3 aliphatic rings. The van der Waals surface area contributed by atoms with Crippen LogP contribution in [0.3, 0.4) is 0 Å². The molecule has 3 fully saturated rings. The number of likely N-dealkylation sites (tertiary alicyclic amines) is 1. The summed E-state index contributed by atoms with van der Waals surface area (Å²) in [4.78, 5) is 22.9. The second-order valence-electron chi connectivity index (χ2n) is 9.99. The van der Waals surface area contributed by atoms with Gasteiger partial charge >= 0.3 is 6.09 Å². The number of ether oxygens (including phenoxy) is 2. The highest BCUT2D eigenvalue weighted by Gasteiger charge is 2.50. The normalized spacial score (nSPS) is 25.4. The number of nitriles is 1. The van der Waals surface area contributed by atoms with E-state index in [4.69, 9.17) is 26.3 Å². The summed E-state index contributed by atoms with van der Waals surface area (Å²) in [6, 6.07) is 6.93. The van der Waals surface area contributed by atoms with Gasteiger partial charge in [0.1, 0.15) is 23.9 Å². The van der Waals surface area contributed by atoms with Crippen LogP contribution in [0.5, 0.6) is 5.88 Å². The van der Waals surface area contributed by atoms with Crippen LogP contribution >= 0.6 is 11.6 Å². The number of amides is 1. The van der Waals surface area contributed by atoms with Crippen molar-refractivity contribution in [3.05, 3.63) is 40.7 Å². The SMILES string of the molecule is Cc1c(Nc2ccc(C#N)cc2Cl)ncnc1OC1C2CN(C(=O)OC3(C)CC3)CC1CS(=O)(=O)C2. The lowest BCUT2D eigenvalue weighted by Crippen LogP contribution is -2.60. The summed E-state index contributed by atoms with van der Waals surface area (Å²) in [6.07, 6.45) is 2.23. The van der Waals surface area contributed by atoms with Gasteiger partial charge in [-0.1, -0.05) is 11.6 Å². The number of hydrogen-bond donors (Lipinski definition) is 1. The maximum absolute atomic E-state index is 12.7. The first-order valence-corrected chi connectivity index (χ1v) is 13.9. The van der Waals surface area contributed by atoms with Crippen molar-refractivity contribution in [2.75, 3.05) is 29.9 Å². The van der Waals surface area contributed by atoms with Crippen LogP contribution in [-0.2, 0) is 14.6 Å². The lowest BCUT2D eigenvalue weighted by atomic mass is 9.87. The third kappa shape index (κ3) is 5.06. The number of nitrogens with one attached hydrogen (secondary N) is 1. The highest BCUT2D eigenvalue weighted by atomic mass is 35.5. The number of anilines is 2. The van der Waals surface area contributed by atoms with Crippen molar-refractivity contribution in [2.24, 2.45) is 11.8 Å². The summed E-state index contributed by atoms with van der Waals surface area (Å²) in [5.41, 5.74) is 1.24. The molecule has 0 radical (unpaired) electrons. The molecule has 190 valence electrons. The Labute approximate surface area is 214 Å². The van der Waals surface area contributed by atoms with Crippen molar-refractivity contribution in [3.63, 3.8) is 0 Å². The molecule has 1 aromatic heterocycles. The summed E-state index contributed by atoms with van der Waals surface area (Å²) < 4.78 is 37.0. The second-order valence-corrected chi connectivity index (χ2v) is 12.5. The fourth-order valence-electron chi connectivity index (χ4n) is 4.77. The molecule has 1 amide bonds. The smallest absolute Gasteiger partial charge is 0.410 e. The van der Waals surface area contributed by atoms with Crippen molar-refractivity contribution in [2.45, 2.75) is 38.4 Å². The van der Waals surface area contributed by atoms with E-state index in [9.17, 15) is 13.2 Å². The molecule has 12 heteroatoms. The van der Waals surface area contributed by atoms with E-state index in [1.165, 1.54) is 6.33 Å². The van der Waals surface area contributed by atoms with E-state index in [1.807, 2.05) is 13.0 Å². The Hall–Kier alpha value is -3.10. The molecular formula is C24H26ClN5O5S. The van der Waals surface area contributed by atoms with Gasteiger partial charge in [0.2, 0.25) is 5.88 Å². The number of fused-ring (bicyclic) bond motifs is 2. The number of carbonyl (C=O) groups excluding carboxylic acids is 1. The molecule has 2 saturated heterocycles. The van der Waals surface area contributed by atoms with Gasteiger partial charge in [0.05, 0.1) is 39.4 Å². The van der Waals surface area contributed by atoms with E-state index < -0.39 is 39.5 Å². The first-order chi connectivity index (χ1) is 17.1. The van der Waals surface area contributed by atoms with Crippen molar-refractivity contribution in [1.29, 1.82) is 5.26 Å². The van der Waals surface area contributed by atoms with E-state index in [2.05, 4.69) is 15.3 Å². The summed E-state index contributed by atoms with van der Waals surface area (Å²) in [7, 11) is -3.25. The zero-order chi connectivity index (χ0) is 25.7. The molecule has 2 bridgehead atoms. The standard InChI is InChI=1S/C24H26ClN5O5S/c1-14-21(29-19-4-3-15(8-26)7-18(19)25)27-13-28-22(14)34-20-16-9-30(23(31)35-24(2)5-6-24)10-17(20)12-36(32,33)11-16/h3-4,7,13,16-17,20H,5-6,9-12H2,1-2H3,(H,27,28,29). The summed E-state index contributed by atoms with van der Waals surface area (Å²) in [5, 5.41) is 12.6. The predicted molar refractivity (Wildman–Crippen MR) is 132 cm³/mol. The Bertz CT molecular complexity index is 1340. The molecule has 2 aromatic rings. The number of nitrogens with zero attached hydrogens (tertiary/aromatic N) is 4. The van der Waals surface area contributed by atoms with Gasteiger partial charge in [-0.2, -0.15) is 5.26 Å². The van der Waals surface area contributed by atoms with Gasteiger partial charge in [0, 0.05) is 24.9 Å². The Morgan fingerprint density at radius 1 is 1.25 bits per heavy atom. The maximum atomic E-state index is 12.7. The minimum atomic E-state index is -3.25. The Morgan fingerprint density at radius 3 is 2.56 bits per heavy atom. The number of sulfone groups is 1. The number of carbonyl (C=O) groups is 1. The van der Waals surface area contributed by atoms with Gasteiger partial charge in [-0.05, 0) is 44.9 Å². The monoisotopic (exact) mass is 531 g/mol. The highest BCUT2D eigenvalue weighted by Crippen LogP contribution is 2.41. The third-order valence-electron chi connectivity index (χ3n) is 6.96. The summed E-state index contributed by atoms with van der Waals surface area (Å²) in [6.45, 7) is 4.18. The molecule has 0 spiro atoms. The van der Waals surface area contributed by atoms with Gasteiger partial charge < -0.3 is 19.7 Å². The molecule has 3 heterocycles.